The van der Waals surface area contributed by atoms with Gasteiger partial charge in [0.2, 0.25) is 0 Å². The van der Waals surface area contributed by atoms with Crippen molar-refractivity contribution in [2.24, 2.45) is 0 Å². The lowest BCUT2D eigenvalue weighted by atomic mass is 10.2. The molecule has 0 fully saturated rings. The van der Waals surface area contributed by atoms with E-state index in [1.54, 1.807) is 25.2 Å². The van der Waals surface area contributed by atoms with E-state index in [1.165, 1.54) is 24.3 Å². The molecule has 1 aromatic carbocycles. The number of hydrogen-bond donors (Lipinski definition) is 0. The van der Waals surface area contributed by atoms with Gasteiger partial charge in [-0.3, -0.25) is 10.1 Å². The smallest absolute Gasteiger partial charge is 0.276 e. The van der Waals surface area contributed by atoms with E-state index in [4.69, 9.17) is 0 Å². The summed E-state index contributed by atoms with van der Waals surface area (Å²) in [4.78, 5) is 12.1. The Balaban J connectivity index is 3.38. The summed E-state index contributed by atoms with van der Waals surface area (Å²) in [5, 5.41) is 10.8. The minimum absolute atomic E-state index is 0.0616. The van der Waals surface area contributed by atoms with Gasteiger partial charge >= 0.3 is 0 Å². The van der Waals surface area contributed by atoms with E-state index in [-0.39, 0.29) is 16.1 Å². The molecule has 0 bridgehead atoms. The van der Waals surface area contributed by atoms with Crippen LogP contribution in [-0.4, -0.2) is 38.6 Å². The Morgan fingerprint density at radius 2 is 1.94 bits per heavy atom. The maximum Gasteiger partial charge on any atom is 0.276 e. The second-order valence-corrected chi connectivity index (χ2v) is 6.04. The van der Waals surface area contributed by atoms with Gasteiger partial charge in [-0.25, -0.2) is 8.42 Å². The van der Waals surface area contributed by atoms with E-state index in [0.717, 1.165) is 6.26 Å². The van der Waals surface area contributed by atoms with E-state index in [1.807, 2.05) is 0 Å². The first-order valence-electron chi connectivity index (χ1n) is 5.05. The maximum atomic E-state index is 11.4. The second-order valence-electron chi connectivity index (χ2n) is 4.03. The summed E-state index contributed by atoms with van der Waals surface area (Å²) in [6, 6.07) is 3.74. The van der Waals surface area contributed by atoms with Crippen LogP contribution in [0.1, 0.15) is 5.56 Å². The summed E-state index contributed by atoms with van der Waals surface area (Å²) in [5.74, 6) is 0. The van der Waals surface area contributed by atoms with Crippen molar-refractivity contribution in [1.29, 1.82) is 0 Å². The van der Waals surface area contributed by atoms with Crippen LogP contribution in [0.25, 0.3) is 6.08 Å². The molecule has 0 heterocycles. The zero-order valence-corrected chi connectivity index (χ0v) is 11.1. The fourth-order valence-corrected chi connectivity index (χ4v) is 1.95. The molecule has 0 aliphatic rings. The first-order valence-corrected chi connectivity index (χ1v) is 6.94. The number of sulfone groups is 1. The zero-order valence-electron chi connectivity index (χ0n) is 10.3. The topological polar surface area (TPSA) is 80.5 Å². The molecule has 7 heteroatoms. The van der Waals surface area contributed by atoms with Crippen molar-refractivity contribution in [2.45, 2.75) is 4.90 Å². The van der Waals surface area contributed by atoms with Crippen LogP contribution in [0.3, 0.4) is 0 Å². The van der Waals surface area contributed by atoms with Gasteiger partial charge in [0.05, 0.1) is 15.4 Å². The largest absolute Gasteiger partial charge is 0.383 e. The molecular formula is C11H14N2O4S. The molecule has 98 valence electrons. The van der Waals surface area contributed by atoms with E-state index < -0.39 is 14.8 Å². The van der Waals surface area contributed by atoms with Crippen LogP contribution in [0.2, 0.25) is 0 Å². The normalized spacial score (nSPS) is 11.7. The third-order valence-corrected chi connectivity index (χ3v) is 3.29. The number of nitrogens with zero attached hydrogens (tertiary/aromatic N) is 2. The number of rotatable bonds is 4. The van der Waals surface area contributed by atoms with Crippen LogP contribution in [0, 0.1) is 10.1 Å². The quantitative estimate of drug-likeness (QED) is 0.612. The summed E-state index contributed by atoms with van der Waals surface area (Å²) in [6.45, 7) is 0. The lowest BCUT2D eigenvalue weighted by Crippen LogP contribution is -2.02. The highest BCUT2D eigenvalue weighted by Crippen LogP contribution is 2.23. The maximum absolute atomic E-state index is 11.4. The fourth-order valence-electron chi connectivity index (χ4n) is 1.29. The van der Waals surface area contributed by atoms with Gasteiger partial charge in [-0.1, -0.05) is 0 Å². The Morgan fingerprint density at radius 1 is 1.33 bits per heavy atom. The Morgan fingerprint density at radius 3 is 2.39 bits per heavy atom. The lowest BCUT2D eigenvalue weighted by Gasteiger charge is -2.05. The van der Waals surface area contributed by atoms with Crippen molar-refractivity contribution in [1.82, 2.24) is 4.90 Å². The van der Waals surface area contributed by atoms with Crippen molar-refractivity contribution in [3.8, 4) is 0 Å². The average Bonchev–Trinajstić information content (AvgIpc) is 2.24. The molecule has 0 spiro atoms. The summed E-state index contributed by atoms with van der Waals surface area (Å²) in [5.41, 5.74) is 0.136. The molecule has 0 unspecified atom stereocenters. The number of benzene rings is 1. The molecule has 0 amide bonds. The summed E-state index contributed by atoms with van der Waals surface area (Å²) in [6.07, 6.45) is 4.19. The van der Waals surface area contributed by atoms with Gasteiger partial charge in [0.1, 0.15) is 0 Å². The minimum atomic E-state index is -3.38. The highest BCUT2D eigenvalue weighted by atomic mass is 32.2. The third kappa shape index (κ3) is 3.56. The van der Waals surface area contributed by atoms with Gasteiger partial charge in [-0.15, -0.1) is 0 Å². The Hall–Kier alpha value is -1.89. The van der Waals surface area contributed by atoms with E-state index in [9.17, 15) is 18.5 Å². The summed E-state index contributed by atoms with van der Waals surface area (Å²) < 4.78 is 22.8. The zero-order chi connectivity index (χ0) is 13.9. The van der Waals surface area contributed by atoms with Gasteiger partial charge in [0.15, 0.2) is 9.84 Å². The summed E-state index contributed by atoms with van der Waals surface area (Å²) in [7, 11) is 0.157. The SMILES string of the molecule is CN(C)C=Cc1cc(S(C)(=O)=O)ccc1[N+](=O)[O-]. The molecule has 1 rings (SSSR count). The molecule has 0 aromatic heterocycles. The molecular weight excluding hydrogens is 256 g/mol. The lowest BCUT2D eigenvalue weighted by molar-refractivity contribution is -0.385. The van der Waals surface area contributed by atoms with Gasteiger partial charge in [0.25, 0.3) is 5.69 Å². The Bertz CT molecular complexity index is 591. The van der Waals surface area contributed by atoms with Crippen molar-refractivity contribution in [3.05, 3.63) is 40.1 Å². The first-order chi connectivity index (χ1) is 8.21. The molecule has 0 saturated heterocycles. The molecule has 0 N–H and O–H groups in total. The molecule has 18 heavy (non-hydrogen) atoms. The number of hydrogen-bond acceptors (Lipinski definition) is 5. The van der Waals surface area contributed by atoms with Crippen LogP contribution in [-0.2, 0) is 9.84 Å². The molecule has 0 radical (unpaired) electrons. The van der Waals surface area contributed by atoms with Crippen LogP contribution in [0.5, 0.6) is 0 Å². The predicted molar refractivity (Wildman–Crippen MR) is 68.9 cm³/mol. The second kappa shape index (κ2) is 5.18. The van der Waals surface area contributed by atoms with Crippen LogP contribution in [0.4, 0.5) is 5.69 Å². The van der Waals surface area contributed by atoms with E-state index in [2.05, 4.69) is 0 Å². The fraction of sp³-hybridized carbons (Fsp3) is 0.273. The van der Waals surface area contributed by atoms with Crippen molar-refractivity contribution in [2.75, 3.05) is 20.4 Å². The Kier molecular flexibility index (Phi) is 4.07. The molecule has 0 atom stereocenters. The third-order valence-electron chi connectivity index (χ3n) is 2.18. The van der Waals surface area contributed by atoms with Gasteiger partial charge in [-0.2, -0.15) is 0 Å². The van der Waals surface area contributed by atoms with Crippen LogP contribution in [0.15, 0.2) is 29.3 Å². The number of nitro groups is 1. The van der Waals surface area contributed by atoms with Crippen molar-refractivity contribution < 1.29 is 13.3 Å². The molecule has 6 nitrogen and oxygen atoms in total. The molecule has 1 aromatic rings. The van der Waals surface area contributed by atoms with Gasteiger partial charge < -0.3 is 4.90 Å². The number of nitro benzene ring substituents is 1. The van der Waals surface area contributed by atoms with Crippen molar-refractivity contribution >= 4 is 21.6 Å². The Labute approximate surface area is 106 Å². The first kappa shape index (κ1) is 14.2. The molecule has 0 aliphatic carbocycles. The van der Waals surface area contributed by atoms with Crippen LogP contribution < -0.4 is 0 Å². The van der Waals surface area contributed by atoms with Gasteiger partial charge in [0, 0.05) is 26.4 Å². The monoisotopic (exact) mass is 270 g/mol. The highest BCUT2D eigenvalue weighted by molar-refractivity contribution is 7.90. The van der Waals surface area contributed by atoms with Gasteiger partial charge in [-0.05, 0) is 24.4 Å². The highest BCUT2D eigenvalue weighted by Gasteiger charge is 2.16. The summed E-state index contributed by atoms with van der Waals surface area (Å²) >= 11 is 0. The minimum Gasteiger partial charge on any atom is -0.383 e. The molecule has 0 aliphatic heterocycles. The van der Waals surface area contributed by atoms with E-state index >= 15 is 0 Å². The molecule has 0 saturated carbocycles. The predicted octanol–water partition coefficient (Wildman–Crippen LogP) is 1.53. The van der Waals surface area contributed by atoms with Crippen LogP contribution >= 0.6 is 0 Å². The average molecular weight is 270 g/mol. The van der Waals surface area contributed by atoms with Crippen molar-refractivity contribution in [3.63, 3.8) is 0 Å². The van der Waals surface area contributed by atoms with E-state index in [0.29, 0.717) is 0 Å². The standard InChI is InChI=1S/C11H14N2O4S/c1-12(2)7-6-9-8-10(18(3,16)17)4-5-11(9)13(14)15/h4-8H,1-3H3.